The molecule has 18 heavy (non-hydrogen) atoms. The molecule has 0 aliphatic carbocycles. The minimum atomic E-state index is 0.711. The van der Waals surface area contributed by atoms with E-state index in [1.54, 1.807) is 0 Å². The molecule has 3 rings (SSSR count). The SMILES string of the molecule is CN1C2CCC1CN(c1ncccc1CBr)CC2. The van der Waals surface area contributed by atoms with E-state index < -0.39 is 0 Å². The average molecular weight is 310 g/mol. The van der Waals surface area contributed by atoms with Crippen molar-refractivity contribution in [2.24, 2.45) is 0 Å². The Bertz CT molecular complexity index is 423. The molecule has 0 spiro atoms. The fourth-order valence-corrected chi connectivity index (χ4v) is 3.76. The first-order chi connectivity index (χ1) is 8.79. The minimum absolute atomic E-state index is 0.711. The van der Waals surface area contributed by atoms with Crippen molar-refractivity contribution in [1.29, 1.82) is 0 Å². The molecule has 2 unspecified atom stereocenters. The molecule has 0 amide bonds. The molecule has 1 aromatic heterocycles. The molecule has 4 heteroatoms. The maximum Gasteiger partial charge on any atom is 0.132 e. The standard InChI is InChI=1S/C14H20BrN3/c1-17-12-4-5-13(17)10-18(8-6-12)14-11(9-15)3-2-7-16-14/h2-3,7,12-13H,4-6,8-10H2,1H3. The number of hydrogen-bond donors (Lipinski definition) is 0. The molecular formula is C14H20BrN3. The number of fused-ring (bicyclic) bond motifs is 2. The molecule has 0 radical (unpaired) electrons. The lowest BCUT2D eigenvalue weighted by molar-refractivity contribution is 0.254. The van der Waals surface area contributed by atoms with Gasteiger partial charge in [0.2, 0.25) is 0 Å². The van der Waals surface area contributed by atoms with E-state index >= 15 is 0 Å². The highest BCUT2D eigenvalue weighted by Crippen LogP contribution is 2.31. The maximum atomic E-state index is 4.60. The molecule has 1 aromatic rings. The summed E-state index contributed by atoms with van der Waals surface area (Å²) in [5, 5.41) is 0.886. The molecule has 2 saturated heterocycles. The van der Waals surface area contributed by atoms with Crippen molar-refractivity contribution in [2.45, 2.75) is 36.7 Å². The van der Waals surface area contributed by atoms with E-state index in [-0.39, 0.29) is 0 Å². The lowest BCUT2D eigenvalue weighted by Crippen LogP contribution is -2.37. The van der Waals surface area contributed by atoms with Crippen molar-refractivity contribution in [3.63, 3.8) is 0 Å². The third kappa shape index (κ3) is 2.16. The summed E-state index contributed by atoms with van der Waals surface area (Å²) in [6.45, 7) is 2.27. The Hall–Kier alpha value is -0.610. The molecule has 2 atom stereocenters. The third-order valence-electron chi connectivity index (χ3n) is 4.46. The van der Waals surface area contributed by atoms with Crippen LogP contribution in [0.5, 0.6) is 0 Å². The molecule has 0 saturated carbocycles. The fourth-order valence-electron chi connectivity index (χ4n) is 3.32. The van der Waals surface area contributed by atoms with Gasteiger partial charge in [0.05, 0.1) is 0 Å². The lowest BCUT2D eigenvalue weighted by atomic mass is 10.1. The van der Waals surface area contributed by atoms with E-state index in [1.165, 1.54) is 30.6 Å². The van der Waals surface area contributed by atoms with Gasteiger partial charge in [-0.15, -0.1) is 0 Å². The quantitative estimate of drug-likeness (QED) is 0.783. The summed E-state index contributed by atoms with van der Waals surface area (Å²) in [6, 6.07) is 5.69. The summed E-state index contributed by atoms with van der Waals surface area (Å²) in [7, 11) is 2.29. The summed E-state index contributed by atoms with van der Waals surface area (Å²) in [4.78, 5) is 9.66. The molecule has 2 aliphatic rings. The van der Waals surface area contributed by atoms with Gasteiger partial charge < -0.3 is 4.90 Å². The van der Waals surface area contributed by atoms with Gasteiger partial charge in [0.25, 0.3) is 0 Å². The van der Waals surface area contributed by atoms with Crippen molar-refractivity contribution in [2.75, 3.05) is 25.0 Å². The maximum absolute atomic E-state index is 4.60. The summed E-state index contributed by atoms with van der Waals surface area (Å²) >= 11 is 3.57. The number of alkyl halides is 1. The highest BCUT2D eigenvalue weighted by Gasteiger charge is 2.35. The van der Waals surface area contributed by atoms with Gasteiger partial charge in [-0.05, 0) is 32.4 Å². The Morgan fingerprint density at radius 3 is 3.00 bits per heavy atom. The topological polar surface area (TPSA) is 19.4 Å². The van der Waals surface area contributed by atoms with Gasteiger partial charge in [0, 0.05) is 42.3 Å². The number of likely N-dealkylation sites (N-methyl/N-ethyl adjacent to an activating group) is 1. The number of rotatable bonds is 2. The zero-order valence-electron chi connectivity index (χ0n) is 10.8. The van der Waals surface area contributed by atoms with Crippen LogP contribution in [0.4, 0.5) is 5.82 Å². The Balaban J connectivity index is 1.84. The first-order valence-electron chi connectivity index (χ1n) is 6.76. The normalized spacial score (nSPS) is 28.4. The van der Waals surface area contributed by atoms with Gasteiger partial charge in [0.1, 0.15) is 5.82 Å². The van der Waals surface area contributed by atoms with Gasteiger partial charge in [-0.2, -0.15) is 0 Å². The fraction of sp³-hybridized carbons (Fsp3) is 0.643. The van der Waals surface area contributed by atoms with Crippen LogP contribution in [0.1, 0.15) is 24.8 Å². The summed E-state index contributed by atoms with van der Waals surface area (Å²) in [5.41, 5.74) is 1.30. The molecular weight excluding hydrogens is 290 g/mol. The second kappa shape index (κ2) is 5.17. The third-order valence-corrected chi connectivity index (χ3v) is 5.06. The van der Waals surface area contributed by atoms with Crippen molar-refractivity contribution >= 4 is 21.7 Å². The smallest absolute Gasteiger partial charge is 0.132 e. The van der Waals surface area contributed by atoms with Gasteiger partial charge in [-0.1, -0.05) is 22.0 Å². The number of nitrogens with zero attached hydrogens (tertiary/aromatic N) is 3. The van der Waals surface area contributed by atoms with E-state index in [4.69, 9.17) is 0 Å². The molecule has 2 bridgehead atoms. The number of hydrogen-bond acceptors (Lipinski definition) is 3. The van der Waals surface area contributed by atoms with Crippen LogP contribution in [0.3, 0.4) is 0 Å². The van der Waals surface area contributed by atoms with E-state index in [0.717, 1.165) is 24.5 Å². The van der Waals surface area contributed by atoms with Crippen LogP contribution in [-0.2, 0) is 5.33 Å². The zero-order valence-corrected chi connectivity index (χ0v) is 12.4. The van der Waals surface area contributed by atoms with Crippen molar-refractivity contribution in [3.05, 3.63) is 23.9 Å². The van der Waals surface area contributed by atoms with Crippen molar-refractivity contribution in [3.8, 4) is 0 Å². The zero-order chi connectivity index (χ0) is 12.5. The summed E-state index contributed by atoms with van der Waals surface area (Å²) in [5.74, 6) is 1.18. The average Bonchev–Trinajstić information content (AvgIpc) is 2.63. The van der Waals surface area contributed by atoms with Crippen LogP contribution in [0, 0.1) is 0 Å². The Morgan fingerprint density at radius 1 is 1.33 bits per heavy atom. The van der Waals surface area contributed by atoms with Crippen LogP contribution in [0.15, 0.2) is 18.3 Å². The lowest BCUT2D eigenvalue weighted by Gasteiger charge is -2.28. The largest absolute Gasteiger partial charge is 0.355 e. The van der Waals surface area contributed by atoms with Gasteiger partial charge >= 0.3 is 0 Å². The van der Waals surface area contributed by atoms with Crippen molar-refractivity contribution < 1.29 is 0 Å². The van der Waals surface area contributed by atoms with E-state index in [9.17, 15) is 0 Å². The van der Waals surface area contributed by atoms with Crippen LogP contribution in [-0.4, -0.2) is 42.1 Å². The van der Waals surface area contributed by atoms with E-state index in [0.29, 0.717) is 6.04 Å². The first-order valence-corrected chi connectivity index (χ1v) is 7.88. The predicted octanol–water partition coefficient (Wildman–Crippen LogP) is 2.65. The molecule has 98 valence electrons. The number of anilines is 1. The molecule has 0 N–H and O–H groups in total. The summed E-state index contributed by atoms with van der Waals surface area (Å²) in [6.07, 6.45) is 5.90. The minimum Gasteiger partial charge on any atom is -0.355 e. The van der Waals surface area contributed by atoms with Gasteiger partial charge in [-0.25, -0.2) is 4.98 Å². The Morgan fingerprint density at radius 2 is 2.17 bits per heavy atom. The van der Waals surface area contributed by atoms with E-state index in [2.05, 4.69) is 43.8 Å². The highest BCUT2D eigenvalue weighted by atomic mass is 79.9. The van der Waals surface area contributed by atoms with Gasteiger partial charge in [-0.3, -0.25) is 4.90 Å². The number of aromatic nitrogens is 1. The number of pyridine rings is 1. The summed E-state index contributed by atoms with van der Waals surface area (Å²) < 4.78 is 0. The van der Waals surface area contributed by atoms with E-state index in [1.807, 2.05) is 12.3 Å². The molecule has 2 fully saturated rings. The molecule has 2 aliphatic heterocycles. The van der Waals surface area contributed by atoms with Crippen LogP contribution in [0.25, 0.3) is 0 Å². The van der Waals surface area contributed by atoms with Crippen molar-refractivity contribution in [1.82, 2.24) is 9.88 Å². The van der Waals surface area contributed by atoms with Gasteiger partial charge in [0.15, 0.2) is 0 Å². The Kier molecular flexibility index (Phi) is 3.57. The molecule has 0 aromatic carbocycles. The molecule has 3 heterocycles. The van der Waals surface area contributed by atoms with Crippen LogP contribution < -0.4 is 4.90 Å². The van der Waals surface area contributed by atoms with Crippen LogP contribution >= 0.6 is 15.9 Å². The first kappa shape index (κ1) is 12.4. The second-order valence-corrected chi connectivity index (χ2v) is 5.97. The predicted molar refractivity (Wildman–Crippen MR) is 78.3 cm³/mol. The second-order valence-electron chi connectivity index (χ2n) is 5.40. The Labute approximate surface area is 117 Å². The van der Waals surface area contributed by atoms with Crippen LogP contribution in [0.2, 0.25) is 0 Å². The molecule has 3 nitrogen and oxygen atoms in total. The highest BCUT2D eigenvalue weighted by molar-refractivity contribution is 9.08. The monoisotopic (exact) mass is 309 g/mol. The number of halogens is 1.